The van der Waals surface area contributed by atoms with Crippen molar-refractivity contribution >= 4 is 18.9 Å². The molecule has 3 aromatic rings. The Morgan fingerprint density at radius 2 is 2.03 bits per heavy atom. The number of rotatable bonds is 5. The van der Waals surface area contributed by atoms with Crippen LogP contribution in [0.1, 0.15) is 38.3 Å². The molecule has 1 unspecified atom stereocenters. The second kappa shape index (κ2) is 10.6. The molecule has 36 heavy (non-hydrogen) atoms. The van der Waals surface area contributed by atoms with Gasteiger partial charge in [-0.15, -0.1) is 0 Å². The third-order valence-electron chi connectivity index (χ3n) is 6.81. The number of aromatic nitrogens is 4. The highest BCUT2D eigenvalue weighted by atomic mass is 15.1. The van der Waals surface area contributed by atoms with Crippen LogP contribution in [0.25, 0.3) is 35.3 Å². The highest BCUT2D eigenvalue weighted by Crippen LogP contribution is 2.30. The van der Waals surface area contributed by atoms with E-state index in [1.807, 2.05) is 43.5 Å². The Morgan fingerprint density at radius 3 is 2.83 bits per heavy atom. The fourth-order valence-electron chi connectivity index (χ4n) is 4.76. The van der Waals surface area contributed by atoms with Crippen LogP contribution in [0.4, 0.5) is 0 Å². The summed E-state index contributed by atoms with van der Waals surface area (Å²) in [4.78, 5) is 14.3. The molecule has 5 rings (SSSR count). The summed E-state index contributed by atoms with van der Waals surface area (Å²) in [6.45, 7) is 8.27. The predicted octanol–water partition coefficient (Wildman–Crippen LogP) is 5.62. The molecular formula is C31H31N5. The van der Waals surface area contributed by atoms with Crippen molar-refractivity contribution in [2.75, 3.05) is 0 Å². The number of aromatic amines is 1. The number of hydrogen-bond acceptors (Lipinski definition) is 4. The van der Waals surface area contributed by atoms with E-state index in [4.69, 9.17) is 4.98 Å². The van der Waals surface area contributed by atoms with Crippen molar-refractivity contribution in [2.24, 2.45) is 10.9 Å². The molecule has 5 heteroatoms. The predicted molar refractivity (Wildman–Crippen MR) is 149 cm³/mol. The number of nitrogens with zero attached hydrogens (tertiary/aromatic N) is 4. The maximum atomic E-state index is 4.98. The maximum Gasteiger partial charge on any atom is 0.0928 e. The molecule has 1 N–H and O–H groups in total. The van der Waals surface area contributed by atoms with Gasteiger partial charge in [-0.2, -0.15) is 5.10 Å². The summed E-state index contributed by atoms with van der Waals surface area (Å²) in [7, 11) is 0. The van der Waals surface area contributed by atoms with E-state index in [9.17, 15) is 0 Å². The third kappa shape index (κ3) is 5.10. The van der Waals surface area contributed by atoms with Crippen LogP contribution >= 0.6 is 0 Å². The van der Waals surface area contributed by atoms with E-state index in [-0.39, 0.29) is 0 Å². The second-order valence-electron chi connectivity index (χ2n) is 9.28. The topological polar surface area (TPSA) is 66.8 Å². The minimum absolute atomic E-state index is 0.595. The minimum atomic E-state index is 0.595. The Labute approximate surface area is 212 Å². The third-order valence-corrected chi connectivity index (χ3v) is 6.81. The lowest BCUT2D eigenvalue weighted by atomic mass is 9.86. The molecular weight excluding hydrogens is 442 g/mol. The van der Waals surface area contributed by atoms with E-state index in [0.29, 0.717) is 5.92 Å². The van der Waals surface area contributed by atoms with Gasteiger partial charge in [-0.25, -0.2) is 4.98 Å². The van der Waals surface area contributed by atoms with E-state index >= 15 is 0 Å². The van der Waals surface area contributed by atoms with Crippen LogP contribution in [0.3, 0.4) is 0 Å². The van der Waals surface area contributed by atoms with Crippen LogP contribution < -0.4 is 10.6 Å². The molecule has 0 saturated carbocycles. The van der Waals surface area contributed by atoms with Crippen LogP contribution in [0.15, 0.2) is 88.7 Å². The van der Waals surface area contributed by atoms with Gasteiger partial charge in [0, 0.05) is 23.7 Å². The van der Waals surface area contributed by atoms with Crippen LogP contribution in [0.5, 0.6) is 0 Å². The summed E-state index contributed by atoms with van der Waals surface area (Å²) in [5, 5.41) is 9.08. The van der Waals surface area contributed by atoms with Gasteiger partial charge in [0.15, 0.2) is 0 Å². The minimum Gasteiger partial charge on any atom is -0.276 e. The Bertz CT molecular complexity index is 1530. The van der Waals surface area contributed by atoms with E-state index in [1.165, 1.54) is 12.0 Å². The zero-order valence-electron chi connectivity index (χ0n) is 20.9. The molecule has 0 aromatic carbocycles. The molecule has 0 amide bonds. The van der Waals surface area contributed by atoms with Crippen molar-refractivity contribution in [3.63, 3.8) is 0 Å². The summed E-state index contributed by atoms with van der Waals surface area (Å²) in [6, 6.07) is 9.96. The summed E-state index contributed by atoms with van der Waals surface area (Å²) < 4.78 is 0. The van der Waals surface area contributed by atoms with Gasteiger partial charge in [0.1, 0.15) is 0 Å². The lowest BCUT2D eigenvalue weighted by Crippen LogP contribution is -2.27. The van der Waals surface area contributed by atoms with E-state index in [1.54, 1.807) is 6.20 Å². The van der Waals surface area contributed by atoms with Gasteiger partial charge in [-0.3, -0.25) is 15.1 Å². The number of nitrogens with one attached hydrogen (secondary N) is 1. The Morgan fingerprint density at radius 1 is 1.11 bits per heavy atom. The van der Waals surface area contributed by atoms with Crippen LogP contribution in [0.2, 0.25) is 0 Å². The first-order valence-corrected chi connectivity index (χ1v) is 12.5. The van der Waals surface area contributed by atoms with Crippen molar-refractivity contribution in [3.05, 3.63) is 100 Å². The lowest BCUT2D eigenvalue weighted by molar-refractivity contribution is 0.543. The summed E-state index contributed by atoms with van der Waals surface area (Å²) >= 11 is 0. The number of hydrogen-bond donors (Lipinski definition) is 1. The maximum absolute atomic E-state index is 4.98. The average molecular weight is 474 g/mol. The molecule has 4 heterocycles. The van der Waals surface area contributed by atoms with Crippen molar-refractivity contribution in [1.29, 1.82) is 0 Å². The van der Waals surface area contributed by atoms with Crippen molar-refractivity contribution in [1.82, 2.24) is 20.2 Å². The molecule has 3 aromatic heterocycles. The molecule has 0 radical (unpaired) electrons. The van der Waals surface area contributed by atoms with Crippen LogP contribution in [0, 0.1) is 12.8 Å². The van der Waals surface area contributed by atoms with Gasteiger partial charge in [0.2, 0.25) is 0 Å². The fourth-order valence-corrected chi connectivity index (χ4v) is 4.76. The number of aliphatic imine (C=N–C) groups is 1. The Balaban J connectivity index is 1.46. The lowest BCUT2D eigenvalue weighted by Gasteiger charge is -2.19. The van der Waals surface area contributed by atoms with Gasteiger partial charge in [0.25, 0.3) is 0 Å². The normalized spacial score (nSPS) is 18.7. The van der Waals surface area contributed by atoms with Crippen molar-refractivity contribution < 1.29 is 0 Å². The first kappa shape index (κ1) is 23.6. The van der Waals surface area contributed by atoms with Crippen LogP contribution in [-0.4, -0.2) is 26.4 Å². The van der Waals surface area contributed by atoms with E-state index in [2.05, 4.69) is 70.3 Å². The summed E-state index contributed by atoms with van der Waals surface area (Å²) in [5.74, 6) is 0.595. The number of pyridine rings is 2. The zero-order chi connectivity index (χ0) is 24.9. The Kier molecular flexibility index (Phi) is 6.99. The molecule has 1 aliphatic heterocycles. The van der Waals surface area contributed by atoms with E-state index in [0.717, 1.165) is 69.3 Å². The zero-order valence-corrected chi connectivity index (χ0v) is 20.9. The van der Waals surface area contributed by atoms with Gasteiger partial charge in [0.05, 0.1) is 28.6 Å². The molecule has 0 saturated heterocycles. The summed E-state index contributed by atoms with van der Waals surface area (Å²) in [5.41, 5.74) is 8.00. The second-order valence-corrected chi connectivity index (χ2v) is 9.28. The van der Waals surface area contributed by atoms with Gasteiger partial charge in [-0.05, 0) is 91.7 Å². The molecule has 1 atom stereocenters. The highest BCUT2D eigenvalue weighted by molar-refractivity contribution is 5.90. The van der Waals surface area contributed by atoms with Crippen molar-refractivity contribution in [2.45, 2.75) is 39.5 Å². The van der Waals surface area contributed by atoms with E-state index < -0.39 is 0 Å². The monoisotopic (exact) mass is 473 g/mol. The molecule has 5 nitrogen and oxygen atoms in total. The SMILES string of the molecule is C=c1ccc(-c2cn[nH]c2-c2cccc(C)n2)n/c1=C/C(=C\C)C1=CCC(C2CC=CCC2)=CN=C1. The fraction of sp³-hybridized carbons (Fsp3) is 0.226. The molecule has 2 aliphatic rings. The van der Waals surface area contributed by atoms with Crippen LogP contribution in [-0.2, 0) is 0 Å². The number of aryl methyl sites for hydroxylation is 1. The first-order valence-electron chi connectivity index (χ1n) is 12.5. The largest absolute Gasteiger partial charge is 0.276 e. The molecule has 180 valence electrons. The quantitative estimate of drug-likeness (QED) is 0.489. The van der Waals surface area contributed by atoms with Gasteiger partial charge in [-0.1, -0.05) is 43.0 Å². The molecule has 0 bridgehead atoms. The molecule has 0 spiro atoms. The number of allylic oxidation sites excluding steroid dienone is 7. The average Bonchev–Trinajstić information content (AvgIpc) is 3.27. The standard InChI is InChI=1S/C31H31N5/c1-4-23(25-14-15-26(19-32-18-25)24-10-6-5-7-11-24)17-30-21(2)13-16-28(35-30)27-20-33-36-31(27)29-12-8-9-22(3)34-29/h4-6,8-9,12-14,16-20,24H,2,7,10-11,15H2,1,3H3,(H,33,36)/b23-4+,30-17+. The van der Waals surface area contributed by atoms with Crippen molar-refractivity contribution in [3.8, 4) is 22.6 Å². The highest BCUT2D eigenvalue weighted by Gasteiger charge is 2.16. The smallest absolute Gasteiger partial charge is 0.0928 e. The first-order chi connectivity index (χ1) is 17.6. The molecule has 1 aliphatic carbocycles. The Hall–Kier alpha value is -4.12. The summed E-state index contributed by atoms with van der Waals surface area (Å²) in [6.07, 6.45) is 21.3. The number of H-pyrrole nitrogens is 1. The molecule has 0 fully saturated rings. The van der Waals surface area contributed by atoms with Gasteiger partial charge < -0.3 is 0 Å². The van der Waals surface area contributed by atoms with Gasteiger partial charge >= 0.3 is 0 Å².